The second kappa shape index (κ2) is 7.49. The van der Waals surface area contributed by atoms with Crippen LogP contribution in [0.15, 0.2) is 30.5 Å². The SMILES string of the molecule is N#CCCCCn1cc(CCCC(=O)O)c2ccccc21. The number of carbonyl (C=O) groups is 1. The van der Waals surface area contributed by atoms with E-state index in [9.17, 15) is 4.79 Å². The molecule has 0 unspecified atom stereocenters. The van der Waals surface area contributed by atoms with Crippen LogP contribution in [-0.4, -0.2) is 15.6 Å². The highest BCUT2D eigenvalue weighted by Crippen LogP contribution is 2.23. The number of unbranched alkanes of at least 4 members (excludes halogenated alkanes) is 2. The number of para-hydroxylation sites is 1. The van der Waals surface area contributed by atoms with Crippen LogP contribution in [0.3, 0.4) is 0 Å². The summed E-state index contributed by atoms with van der Waals surface area (Å²) < 4.78 is 2.23. The highest BCUT2D eigenvalue weighted by atomic mass is 16.4. The molecule has 0 atom stereocenters. The molecule has 2 aromatic rings. The number of carboxylic acid groups (broad SMARTS) is 1. The molecular weight excluding hydrogens is 264 g/mol. The average Bonchev–Trinajstić information content (AvgIpc) is 2.82. The number of rotatable bonds is 8. The molecule has 0 saturated heterocycles. The first kappa shape index (κ1) is 15.1. The van der Waals surface area contributed by atoms with Crippen LogP contribution in [0.25, 0.3) is 10.9 Å². The lowest BCUT2D eigenvalue weighted by atomic mass is 10.1. The first-order valence-corrected chi connectivity index (χ1v) is 7.38. The Bertz CT molecular complexity index is 652. The predicted octanol–water partition coefficient (Wildman–Crippen LogP) is 3.74. The average molecular weight is 284 g/mol. The third-order valence-electron chi connectivity index (χ3n) is 3.65. The molecule has 0 aliphatic carbocycles. The summed E-state index contributed by atoms with van der Waals surface area (Å²) in [4.78, 5) is 10.6. The maximum Gasteiger partial charge on any atom is 0.303 e. The molecule has 0 spiro atoms. The fourth-order valence-electron chi connectivity index (χ4n) is 2.62. The van der Waals surface area contributed by atoms with Crippen LogP contribution < -0.4 is 0 Å². The molecule has 2 rings (SSSR count). The van der Waals surface area contributed by atoms with E-state index in [4.69, 9.17) is 10.4 Å². The van der Waals surface area contributed by atoms with E-state index in [-0.39, 0.29) is 6.42 Å². The van der Waals surface area contributed by atoms with Gasteiger partial charge in [0.15, 0.2) is 0 Å². The second-order valence-electron chi connectivity index (χ2n) is 5.23. The molecule has 1 N–H and O–H groups in total. The lowest BCUT2D eigenvalue weighted by molar-refractivity contribution is -0.137. The van der Waals surface area contributed by atoms with E-state index in [0.717, 1.165) is 25.8 Å². The van der Waals surface area contributed by atoms with Gasteiger partial charge in [0, 0.05) is 36.5 Å². The van der Waals surface area contributed by atoms with Crippen molar-refractivity contribution in [3.8, 4) is 6.07 Å². The van der Waals surface area contributed by atoms with Crippen molar-refractivity contribution in [1.82, 2.24) is 4.57 Å². The van der Waals surface area contributed by atoms with E-state index < -0.39 is 5.97 Å². The number of aliphatic carboxylic acids is 1. The number of aryl methyl sites for hydroxylation is 2. The highest BCUT2D eigenvalue weighted by Gasteiger charge is 2.08. The molecule has 110 valence electrons. The van der Waals surface area contributed by atoms with Crippen LogP contribution in [0, 0.1) is 11.3 Å². The summed E-state index contributed by atoms with van der Waals surface area (Å²) in [5.74, 6) is -0.741. The fraction of sp³-hybridized carbons (Fsp3) is 0.412. The van der Waals surface area contributed by atoms with Crippen molar-refractivity contribution in [1.29, 1.82) is 5.26 Å². The number of aromatic nitrogens is 1. The minimum Gasteiger partial charge on any atom is -0.481 e. The van der Waals surface area contributed by atoms with Gasteiger partial charge in [-0.2, -0.15) is 5.26 Å². The number of benzene rings is 1. The molecule has 0 fully saturated rings. The van der Waals surface area contributed by atoms with Crippen LogP contribution in [0.4, 0.5) is 0 Å². The van der Waals surface area contributed by atoms with E-state index in [1.54, 1.807) is 0 Å². The van der Waals surface area contributed by atoms with E-state index in [0.29, 0.717) is 12.8 Å². The Morgan fingerprint density at radius 2 is 2.05 bits per heavy atom. The molecule has 4 nitrogen and oxygen atoms in total. The molecule has 4 heteroatoms. The Morgan fingerprint density at radius 3 is 2.81 bits per heavy atom. The maximum atomic E-state index is 10.6. The van der Waals surface area contributed by atoms with Crippen molar-refractivity contribution in [2.75, 3.05) is 0 Å². The number of fused-ring (bicyclic) bond motifs is 1. The van der Waals surface area contributed by atoms with Gasteiger partial charge in [-0.1, -0.05) is 18.2 Å². The van der Waals surface area contributed by atoms with Gasteiger partial charge in [0.2, 0.25) is 0 Å². The first-order valence-electron chi connectivity index (χ1n) is 7.38. The summed E-state index contributed by atoms with van der Waals surface area (Å²) in [6, 6.07) is 10.4. The van der Waals surface area contributed by atoms with Gasteiger partial charge in [0.25, 0.3) is 0 Å². The Balaban J connectivity index is 2.10. The highest BCUT2D eigenvalue weighted by molar-refractivity contribution is 5.84. The topological polar surface area (TPSA) is 66.0 Å². The Morgan fingerprint density at radius 1 is 1.24 bits per heavy atom. The Labute approximate surface area is 124 Å². The van der Waals surface area contributed by atoms with Crippen molar-refractivity contribution in [2.24, 2.45) is 0 Å². The third-order valence-corrected chi connectivity index (χ3v) is 3.65. The zero-order valence-corrected chi connectivity index (χ0v) is 12.1. The summed E-state index contributed by atoms with van der Waals surface area (Å²) in [6.45, 7) is 0.904. The van der Waals surface area contributed by atoms with Crippen molar-refractivity contribution >= 4 is 16.9 Å². The van der Waals surface area contributed by atoms with E-state index in [1.165, 1.54) is 16.5 Å². The molecule has 1 heterocycles. The standard InChI is InChI=1S/C17H20N2O2/c18-11-4-1-5-12-19-13-14(7-6-10-17(20)21)15-8-2-3-9-16(15)19/h2-3,8-9,13H,1,4-7,10,12H2,(H,20,21). The Kier molecular flexibility index (Phi) is 5.39. The quantitative estimate of drug-likeness (QED) is 0.751. The maximum absolute atomic E-state index is 10.6. The van der Waals surface area contributed by atoms with Gasteiger partial charge in [0.1, 0.15) is 0 Å². The largest absolute Gasteiger partial charge is 0.481 e. The van der Waals surface area contributed by atoms with Crippen LogP contribution in [0.2, 0.25) is 0 Å². The number of hydrogen-bond donors (Lipinski definition) is 1. The summed E-state index contributed by atoms with van der Waals surface area (Å²) in [7, 11) is 0. The summed E-state index contributed by atoms with van der Waals surface area (Å²) >= 11 is 0. The second-order valence-corrected chi connectivity index (χ2v) is 5.23. The lowest BCUT2D eigenvalue weighted by Crippen LogP contribution is -1.96. The van der Waals surface area contributed by atoms with Crippen molar-refractivity contribution < 1.29 is 9.90 Å². The van der Waals surface area contributed by atoms with Crippen molar-refractivity contribution in [3.63, 3.8) is 0 Å². The van der Waals surface area contributed by atoms with Crippen LogP contribution in [0.1, 0.15) is 37.7 Å². The molecule has 0 bridgehead atoms. The molecule has 0 aliphatic heterocycles. The number of hydrogen-bond acceptors (Lipinski definition) is 2. The molecule has 0 aliphatic rings. The number of nitrogens with zero attached hydrogens (tertiary/aromatic N) is 2. The summed E-state index contributed by atoms with van der Waals surface area (Å²) in [5, 5.41) is 18.5. The van der Waals surface area contributed by atoms with Gasteiger partial charge >= 0.3 is 5.97 Å². The fourth-order valence-corrected chi connectivity index (χ4v) is 2.62. The smallest absolute Gasteiger partial charge is 0.303 e. The molecule has 0 saturated carbocycles. The van der Waals surface area contributed by atoms with E-state index in [1.807, 2.05) is 12.1 Å². The minimum atomic E-state index is -0.741. The number of nitriles is 1. The Hall–Kier alpha value is -2.28. The zero-order valence-electron chi connectivity index (χ0n) is 12.1. The van der Waals surface area contributed by atoms with Crippen LogP contribution in [0.5, 0.6) is 0 Å². The molecule has 21 heavy (non-hydrogen) atoms. The lowest BCUT2D eigenvalue weighted by Gasteiger charge is -2.03. The number of carboxylic acids is 1. The van der Waals surface area contributed by atoms with Crippen LogP contribution >= 0.6 is 0 Å². The molecular formula is C17H20N2O2. The van der Waals surface area contributed by atoms with E-state index >= 15 is 0 Å². The van der Waals surface area contributed by atoms with Gasteiger partial charge in [-0.25, -0.2) is 0 Å². The minimum absolute atomic E-state index is 0.210. The van der Waals surface area contributed by atoms with Gasteiger partial charge in [-0.15, -0.1) is 0 Å². The molecule has 1 aromatic carbocycles. The van der Waals surface area contributed by atoms with Gasteiger partial charge in [-0.3, -0.25) is 4.79 Å². The van der Waals surface area contributed by atoms with Crippen molar-refractivity contribution in [2.45, 2.75) is 45.1 Å². The summed E-state index contributed by atoms with van der Waals surface area (Å²) in [5.41, 5.74) is 2.41. The molecule has 0 amide bonds. The van der Waals surface area contributed by atoms with E-state index in [2.05, 4.69) is 29.0 Å². The molecule has 0 radical (unpaired) electrons. The summed E-state index contributed by atoms with van der Waals surface area (Å²) in [6.07, 6.45) is 6.30. The third kappa shape index (κ3) is 4.09. The zero-order chi connectivity index (χ0) is 15.1. The van der Waals surface area contributed by atoms with Gasteiger partial charge < -0.3 is 9.67 Å². The predicted molar refractivity (Wildman–Crippen MR) is 82.0 cm³/mol. The normalized spacial score (nSPS) is 10.6. The van der Waals surface area contributed by atoms with Gasteiger partial charge in [0.05, 0.1) is 6.07 Å². The van der Waals surface area contributed by atoms with Gasteiger partial charge in [-0.05, 0) is 37.3 Å². The molecule has 1 aromatic heterocycles. The van der Waals surface area contributed by atoms with Crippen molar-refractivity contribution in [3.05, 3.63) is 36.0 Å². The van der Waals surface area contributed by atoms with Crippen LogP contribution in [-0.2, 0) is 17.8 Å². The first-order chi connectivity index (χ1) is 10.2. The monoisotopic (exact) mass is 284 g/mol.